The summed E-state index contributed by atoms with van der Waals surface area (Å²) in [6.45, 7) is 3.52. The van der Waals surface area contributed by atoms with Crippen LogP contribution in [-0.4, -0.2) is 37.1 Å². The molecular formula is C11H15NO3. The zero-order valence-electron chi connectivity index (χ0n) is 8.65. The SMILES string of the molecule is O=C(OCCN1CCCC1)c1ccco1. The Hall–Kier alpha value is -1.29. The number of ether oxygens (including phenoxy) is 1. The molecule has 1 aliphatic rings. The molecule has 0 N–H and O–H groups in total. The molecule has 0 amide bonds. The van der Waals surface area contributed by atoms with Crippen molar-refractivity contribution in [2.24, 2.45) is 0 Å². The van der Waals surface area contributed by atoms with Crippen molar-refractivity contribution in [3.05, 3.63) is 24.2 Å². The van der Waals surface area contributed by atoms with Gasteiger partial charge in [0.25, 0.3) is 0 Å². The summed E-state index contributed by atoms with van der Waals surface area (Å²) < 4.78 is 10.0. The summed E-state index contributed by atoms with van der Waals surface area (Å²) in [4.78, 5) is 13.6. The summed E-state index contributed by atoms with van der Waals surface area (Å²) in [5, 5.41) is 0. The first kappa shape index (κ1) is 10.2. The van der Waals surface area contributed by atoms with E-state index in [1.165, 1.54) is 19.1 Å². The maximum absolute atomic E-state index is 11.3. The van der Waals surface area contributed by atoms with E-state index in [1.807, 2.05) is 0 Å². The number of likely N-dealkylation sites (tertiary alicyclic amines) is 1. The number of rotatable bonds is 4. The molecule has 82 valence electrons. The van der Waals surface area contributed by atoms with Crippen LogP contribution in [0.1, 0.15) is 23.4 Å². The van der Waals surface area contributed by atoms with E-state index >= 15 is 0 Å². The number of nitrogens with zero attached hydrogens (tertiary/aromatic N) is 1. The monoisotopic (exact) mass is 209 g/mol. The Kier molecular flexibility index (Phi) is 3.40. The van der Waals surface area contributed by atoms with Gasteiger partial charge in [0.2, 0.25) is 5.76 Å². The molecule has 0 aliphatic carbocycles. The molecule has 0 bridgehead atoms. The van der Waals surface area contributed by atoms with Gasteiger partial charge in [0, 0.05) is 6.54 Å². The van der Waals surface area contributed by atoms with Crippen LogP contribution in [0.25, 0.3) is 0 Å². The summed E-state index contributed by atoms with van der Waals surface area (Å²) in [7, 11) is 0. The van der Waals surface area contributed by atoms with Crippen LogP contribution < -0.4 is 0 Å². The largest absolute Gasteiger partial charge is 0.458 e. The van der Waals surface area contributed by atoms with Crippen LogP contribution in [0.2, 0.25) is 0 Å². The van der Waals surface area contributed by atoms with Crippen LogP contribution >= 0.6 is 0 Å². The van der Waals surface area contributed by atoms with Crippen molar-refractivity contribution in [3.8, 4) is 0 Å². The summed E-state index contributed by atoms with van der Waals surface area (Å²) in [6, 6.07) is 3.29. The molecule has 4 nitrogen and oxygen atoms in total. The van der Waals surface area contributed by atoms with Crippen LogP contribution in [-0.2, 0) is 4.74 Å². The lowest BCUT2D eigenvalue weighted by atomic mass is 10.4. The maximum Gasteiger partial charge on any atom is 0.374 e. The van der Waals surface area contributed by atoms with E-state index in [9.17, 15) is 4.79 Å². The lowest BCUT2D eigenvalue weighted by Crippen LogP contribution is -2.25. The lowest BCUT2D eigenvalue weighted by Gasteiger charge is -2.13. The second kappa shape index (κ2) is 4.98. The maximum atomic E-state index is 11.3. The highest BCUT2D eigenvalue weighted by Crippen LogP contribution is 2.07. The molecule has 1 saturated heterocycles. The van der Waals surface area contributed by atoms with Crippen molar-refractivity contribution in [1.29, 1.82) is 0 Å². The second-order valence-electron chi connectivity index (χ2n) is 3.66. The van der Waals surface area contributed by atoms with Crippen molar-refractivity contribution in [3.63, 3.8) is 0 Å². The van der Waals surface area contributed by atoms with Crippen molar-refractivity contribution in [1.82, 2.24) is 4.90 Å². The molecule has 2 heterocycles. The van der Waals surface area contributed by atoms with Gasteiger partial charge in [-0.1, -0.05) is 0 Å². The quantitative estimate of drug-likeness (QED) is 0.705. The van der Waals surface area contributed by atoms with Gasteiger partial charge in [-0.25, -0.2) is 4.79 Å². The van der Waals surface area contributed by atoms with E-state index in [-0.39, 0.29) is 11.7 Å². The smallest absolute Gasteiger partial charge is 0.374 e. The van der Waals surface area contributed by atoms with Crippen LogP contribution in [0.5, 0.6) is 0 Å². The molecule has 0 aromatic carbocycles. The molecule has 1 aliphatic heterocycles. The summed E-state index contributed by atoms with van der Waals surface area (Å²) in [5.41, 5.74) is 0. The summed E-state index contributed by atoms with van der Waals surface area (Å²) in [6.07, 6.45) is 3.98. The molecule has 1 aromatic rings. The lowest BCUT2D eigenvalue weighted by molar-refractivity contribution is 0.0436. The Morgan fingerprint density at radius 3 is 2.93 bits per heavy atom. The van der Waals surface area contributed by atoms with Gasteiger partial charge < -0.3 is 9.15 Å². The van der Waals surface area contributed by atoms with E-state index in [2.05, 4.69) is 4.90 Å². The van der Waals surface area contributed by atoms with Crippen molar-refractivity contribution < 1.29 is 13.9 Å². The molecule has 0 unspecified atom stereocenters. The molecule has 2 rings (SSSR count). The third kappa shape index (κ3) is 2.83. The van der Waals surface area contributed by atoms with Gasteiger partial charge in [0.1, 0.15) is 6.61 Å². The van der Waals surface area contributed by atoms with Crippen molar-refractivity contribution >= 4 is 5.97 Å². The minimum atomic E-state index is -0.376. The van der Waals surface area contributed by atoms with Crippen LogP contribution in [0, 0.1) is 0 Å². The Bertz CT molecular complexity index is 302. The first-order valence-electron chi connectivity index (χ1n) is 5.29. The van der Waals surface area contributed by atoms with Crippen LogP contribution in [0.3, 0.4) is 0 Å². The predicted octanol–water partition coefficient (Wildman–Crippen LogP) is 1.53. The van der Waals surface area contributed by atoms with E-state index in [0.29, 0.717) is 6.61 Å². The fraction of sp³-hybridized carbons (Fsp3) is 0.545. The molecule has 0 saturated carbocycles. The minimum absolute atomic E-state index is 0.274. The topological polar surface area (TPSA) is 42.7 Å². The fourth-order valence-corrected chi connectivity index (χ4v) is 1.74. The first-order valence-corrected chi connectivity index (χ1v) is 5.29. The van der Waals surface area contributed by atoms with Gasteiger partial charge >= 0.3 is 5.97 Å². The number of carbonyl (C=O) groups is 1. The standard InChI is InChI=1S/C11H15NO3/c13-11(10-4-3-8-14-10)15-9-7-12-5-1-2-6-12/h3-4,8H,1-2,5-7,9H2. The Labute approximate surface area is 88.8 Å². The number of hydrogen-bond donors (Lipinski definition) is 0. The highest BCUT2D eigenvalue weighted by molar-refractivity contribution is 5.86. The zero-order chi connectivity index (χ0) is 10.5. The average molecular weight is 209 g/mol. The van der Waals surface area contributed by atoms with Gasteiger partial charge in [-0.3, -0.25) is 4.90 Å². The third-order valence-electron chi connectivity index (χ3n) is 2.56. The highest BCUT2D eigenvalue weighted by atomic mass is 16.5. The highest BCUT2D eigenvalue weighted by Gasteiger charge is 2.13. The van der Waals surface area contributed by atoms with Gasteiger partial charge in [-0.2, -0.15) is 0 Å². The number of furan rings is 1. The number of carbonyl (C=O) groups excluding carboxylic acids is 1. The molecular weight excluding hydrogens is 194 g/mol. The molecule has 0 atom stereocenters. The molecule has 4 heteroatoms. The van der Waals surface area contributed by atoms with Gasteiger partial charge in [-0.05, 0) is 38.1 Å². The van der Waals surface area contributed by atoms with Crippen LogP contribution in [0.4, 0.5) is 0 Å². The Balaban J connectivity index is 1.67. The van der Waals surface area contributed by atoms with E-state index < -0.39 is 0 Å². The van der Waals surface area contributed by atoms with E-state index in [1.54, 1.807) is 12.1 Å². The Morgan fingerprint density at radius 2 is 2.27 bits per heavy atom. The van der Waals surface area contributed by atoms with E-state index in [0.717, 1.165) is 19.6 Å². The molecule has 15 heavy (non-hydrogen) atoms. The first-order chi connectivity index (χ1) is 7.36. The molecule has 0 radical (unpaired) electrons. The number of esters is 1. The summed E-state index contributed by atoms with van der Waals surface area (Å²) >= 11 is 0. The van der Waals surface area contributed by atoms with Crippen molar-refractivity contribution in [2.75, 3.05) is 26.2 Å². The normalized spacial score (nSPS) is 16.8. The van der Waals surface area contributed by atoms with Gasteiger partial charge in [0.15, 0.2) is 0 Å². The van der Waals surface area contributed by atoms with Crippen LogP contribution in [0.15, 0.2) is 22.8 Å². The molecule has 1 aromatic heterocycles. The summed E-state index contributed by atoms with van der Waals surface area (Å²) in [5.74, 6) is -0.101. The fourth-order valence-electron chi connectivity index (χ4n) is 1.74. The van der Waals surface area contributed by atoms with Crippen molar-refractivity contribution in [2.45, 2.75) is 12.8 Å². The zero-order valence-corrected chi connectivity index (χ0v) is 8.65. The predicted molar refractivity (Wildman–Crippen MR) is 54.7 cm³/mol. The minimum Gasteiger partial charge on any atom is -0.458 e. The second-order valence-corrected chi connectivity index (χ2v) is 3.66. The third-order valence-corrected chi connectivity index (χ3v) is 2.56. The molecule has 0 spiro atoms. The Morgan fingerprint density at radius 1 is 1.47 bits per heavy atom. The average Bonchev–Trinajstić information content (AvgIpc) is 2.90. The number of hydrogen-bond acceptors (Lipinski definition) is 4. The van der Waals surface area contributed by atoms with Gasteiger partial charge in [-0.15, -0.1) is 0 Å². The van der Waals surface area contributed by atoms with Gasteiger partial charge in [0.05, 0.1) is 6.26 Å². The van der Waals surface area contributed by atoms with E-state index in [4.69, 9.17) is 9.15 Å². The molecule has 1 fully saturated rings.